The molecule has 1 aromatic rings. The number of halogens is 1. The van der Waals surface area contributed by atoms with Crippen molar-refractivity contribution in [2.75, 3.05) is 11.5 Å². The molecule has 0 spiro atoms. The minimum Gasteiger partial charge on any atom is -0.328 e. The fraction of sp³-hybridized carbons (Fsp3) is 0.750. The molecular weight excluding hydrogens is 284 g/mol. The lowest BCUT2D eigenvalue weighted by Gasteiger charge is -2.25. The Labute approximate surface area is 109 Å². The lowest BCUT2D eigenvalue weighted by Crippen LogP contribution is -2.19. The van der Waals surface area contributed by atoms with E-state index in [1.54, 1.807) is 0 Å². The topological polar surface area (TPSA) is 17.8 Å². The SMILES string of the molecule is CC1CCCc2c(Br)nc(C3CCSC3)n21. The van der Waals surface area contributed by atoms with E-state index in [1.807, 2.05) is 0 Å². The Bertz CT molecular complexity index is 396. The summed E-state index contributed by atoms with van der Waals surface area (Å²) >= 11 is 5.71. The molecule has 0 amide bonds. The molecule has 0 bridgehead atoms. The summed E-state index contributed by atoms with van der Waals surface area (Å²) in [6, 6.07) is 0.642. The molecule has 2 atom stereocenters. The third kappa shape index (κ3) is 1.74. The third-order valence-electron chi connectivity index (χ3n) is 3.76. The Balaban J connectivity index is 2.04. The fourth-order valence-corrected chi connectivity index (χ4v) is 4.68. The molecule has 2 unspecified atom stereocenters. The normalized spacial score (nSPS) is 29.4. The number of thioether (sulfide) groups is 1. The maximum Gasteiger partial charge on any atom is 0.127 e. The highest BCUT2D eigenvalue weighted by Crippen LogP contribution is 2.38. The summed E-state index contributed by atoms with van der Waals surface area (Å²) in [4.78, 5) is 4.79. The van der Waals surface area contributed by atoms with Crippen molar-refractivity contribution in [2.45, 2.75) is 44.6 Å². The fourth-order valence-electron chi connectivity index (χ4n) is 2.89. The van der Waals surface area contributed by atoms with Gasteiger partial charge < -0.3 is 4.57 Å². The number of hydrogen-bond acceptors (Lipinski definition) is 2. The van der Waals surface area contributed by atoms with E-state index in [2.05, 4.69) is 39.2 Å². The number of rotatable bonds is 1. The molecule has 16 heavy (non-hydrogen) atoms. The van der Waals surface area contributed by atoms with E-state index in [1.165, 1.54) is 48.7 Å². The van der Waals surface area contributed by atoms with Crippen molar-refractivity contribution >= 4 is 27.7 Å². The predicted molar refractivity (Wildman–Crippen MR) is 72.3 cm³/mol. The smallest absolute Gasteiger partial charge is 0.127 e. The van der Waals surface area contributed by atoms with Gasteiger partial charge in [-0.15, -0.1) is 0 Å². The van der Waals surface area contributed by atoms with Gasteiger partial charge in [0.05, 0.1) is 5.69 Å². The molecule has 0 N–H and O–H groups in total. The molecule has 0 saturated carbocycles. The van der Waals surface area contributed by atoms with Crippen LogP contribution in [0, 0.1) is 0 Å². The molecule has 0 aliphatic carbocycles. The lowest BCUT2D eigenvalue weighted by molar-refractivity contribution is 0.410. The van der Waals surface area contributed by atoms with Crippen molar-refractivity contribution < 1.29 is 0 Å². The van der Waals surface area contributed by atoms with E-state index in [9.17, 15) is 0 Å². The molecule has 1 fully saturated rings. The zero-order valence-corrected chi connectivity index (χ0v) is 12.0. The Morgan fingerprint density at radius 2 is 2.31 bits per heavy atom. The monoisotopic (exact) mass is 300 g/mol. The van der Waals surface area contributed by atoms with Gasteiger partial charge in [-0.05, 0) is 54.3 Å². The molecule has 3 heterocycles. The first kappa shape index (κ1) is 11.1. The van der Waals surface area contributed by atoms with E-state index < -0.39 is 0 Å². The maximum atomic E-state index is 4.79. The summed E-state index contributed by atoms with van der Waals surface area (Å²) in [5.74, 6) is 4.60. The molecule has 2 aliphatic rings. The van der Waals surface area contributed by atoms with Crippen molar-refractivity contribution in [3.63, 3.8) is 0 Å². The predicted octanol–water partition coefficient (Wildman–Crippen LogP) is 3.76. The van der Waals surface area contributed by atoms with Crippen LogP contribution >= 0.6 is 27.7 Å². The maximum absolute atomic E-state index is 4.79. The van der Waals surface area contributed by atoms with Crippen LogP contribution in [0.3, 0.4) is 0 Å². The van der Waals surface area contributed by atoms with Crippen molar-refractivity contribution in [3.05, 3.63) is 16.1 Å². The Hall–Kier alpha value is 0.0400. The lowest BCUT2D eigenvalue weighted by atomic mass is 10.0. The van der Waals surface area contributed by atoms with Crippen LogP contribution < -0.4 is 0 Å². The molecule has 1 aromatic heterocycles. The average Bonchev–Trinajstić information content (AvgIpc) is 2.87. The van der Waals surface area contributed by atoms with Crippen LogP contribution in [-0.4, -0.2) is 21.1 Å². The van der Waals surface area contributed by atoms with Crippen LogP contribution in [0.25, 0.3) is 0 Å². The molecule has 0 radical (unpaired) electrons. The van der Waals surface area contributed by atoms with E-state index in [0.717, 1.165) is 4.60 Å². The van der Waals surface area contributed by atoms with Gasteiger partial charge in [-0.2, -0.15) is 11.8 Å². The molecule has 2 nitrogen and oxygen atoms in total. The van der Waals surface area contributed by atoms with Crippen molar-refractivity contribution in [1.29, 1.82) is 0 Å². The summed E-state index contributed by atoms with van der Waals surface area (Å²) in [6.45, 7) is 2.34. The first-order valence-corrected chi connectivity index (χ1v) is 8.06. The number of imidazole rings is 1. The van der Waals surface area contributed by atoms with Crippen LogP contribution in [0.2, 0.25) is 0 Å². The molecule has 2 aliphatic heterocycles. The summed E-state index contributed by atoms with van der Waals surface area (Å²) in [5.41, 5.74) is 1.44. The van der Waals surface area contributed by atoms with Gasteiger partial charge in [0.25, 0.3) is 0 Å². The van der Waals surface area contributed by atoms with Gasteiger partial charge in [-0.1, -0.05) is 0 Å². The quantitative estimate of drug-likeness (QED) is 0.786. The van der Waals surface area contributed by atoms with Crippen LogP contribution in [0.4, 0.5) is 0 Å². The number of nitrogens with zero attached hydrogens (tertiary/aromatic N) is 2. The second kappa shape index (κ2) is 4.37. The van der Waals surface area contributed by atoms with Gasteiger partial charge in [-0.25, -0.2) is 4.98 Å². The van der Waals surface area contributed by atoms with E-state index in [4.69, 9.17) is 4.98 Å². The highest BCUT2D eigenvalue weighted by molar-refractivity contribution is 9.10. The van der Waals surface area contributed by atoms with Crippen LogP contribution in [0.1, 0.15) is 49.7 Å². The largest absolute Gasteiger partial charge is 0.328 e. The van der Waals surface area contributed by atoms with Gasteiger partial charge >= 0.3 is 0 Å². The summed E-state index contributed by atoms with van der Waals surface area (Å²) < 4.78 is 3.62. The highest BCUT2D eigenvalue weighted by atomic mass is 79.9. The van der Waals surface area contributed by atoms with Crippen LogP contribution in [-0.2, 0) is 6.42 Å². The van der Waals surface area contributed by atoms with Gasteiger partial charge in [-0.3, -0.25) is 0 Å². The average molecular weight is 301 g/mol. The zero-order chi connectivity index (χ0) is 11.1. The molecule has 1 saturated heterocycles. The standard InChI is InChI=1S/C12H17BrN2S/c1-8-3-2-4-10-11(13)14-12(15(8)10)9-5-6-16-7-9/h8-9H,2-7H2,1H3. The molecular formula is C12H17BrN2S. The van der Waals surface area contributed by atoms with Gasteiger partial charge in [0.2, 0.25) is 0 Å². The first-order valence-electron chi connectivity index (χ1n) is 6.11. The molecule has 4 heteroatoms. The van der Waals surface area contributed by atoms with E-state index in [0.29, 0.717) is 12.0 Å². The number of fused-ring (bicyclic) bond motifs is 1. The van der Waals surface area contributed by atoms with Gasteiger partial charge in [0.1, 0.15) is 10.4 Å². The summed E-state index contributed by atoms with van der Waals surface area (Å²) in [7, 11) is 0. The molecule has 88 valence electrons. The Morgan fingerprint density at radius 1 is 1.44 bits per heavy atom. The highest BCUT2D eigenvalue weighted by Gasteiger charge is 2.29. The third-order valence-corrected chi connectivity index (χ3v) is 5.56. The first-order chi connectivity index (χ1) is 7.77. The van der Waals surface area contributed by atoms with Crippen molar-refractivity contribution in [3.8, 4) is 0 Å². The summed E-state index contributed by atoms with van der Waals surface area (Å²) in [5, 5.41) is 0. The van der Waals surface area contributed by atoms with Gasteiger partial charge in [0.15, 0.2) is 0 Å². The summed E-state index contributed by atoms with van der Waals surface area (Å²) in [6.07, 6.45) is 5.12. The molecule has 3 rings (SSSR count). The van der Waals surface area contributed by atoms with Crippen molar-refractivity contribution in [2.24, 2.45) is 0 Å². The van der Waals surface area contributed by atoms with Crippen LogP contribution in [0.5, 0.6) is 0 Å². The van der Waals surface area contributed by atoms with Gasteiger partial charge in [0, 0.05) is 17.7 Å². The van der Waals surface area contributed by atoms with Crippen LogP contribution in [0.15, 0.2) is 4.60 Å². The number of hydrogen-bond donors (Lipinski definition) is 0. The van der Waals surface area contributed by atoms with Crippen molar-refractivity contribution in [1.82, 2.24) is 9.55 Å². The zero-order valence-electron chi connectivity index (χ0n) is 9.58. The second-order valence-corrected chi connectivity index (χ2v) is 6.78. The Morgan fingerprint density at radius 3 is 3.06 bits per heavy atom. The van der Waals surface area contributed by atoms with E-state index in [-0.39, 0.29) is 0 Å². The number of aromatic nitrogens is 2. The minimum atomic E-state index is 0.642. The Kier molecular flexibility index (Phi) is 3.05. The second-order valence-electron chi connectivity index (χ2n) is 4.88. The van der Waals surface area contributed by atoms with E-state index >= 15 is 0 Å². The molecule has 0 aromatic carbocycles. The minimum absolute atomic E-state index is 0.642.